The summed E-state index contributed by atoms with van der Waals surface area (Å²) in [7, 11) is 3.66. The molecule has 290 valence electrons. The van der Waals surface area contributed by atoms with Crippen LogP contribution >= 0.6 is 0 Å². The molecule has 0 spiro atoms. The van der Waals surface area contributed by atoms with Gasteiger partial charge in [0.05, 0.1) is 6.61 Å². The van der Waals surface area contributed by atoms with Gasteiger partial charge in [-0.25, -0.2) is 0 Å². The second-order valence-corrected chi connectivity index (χ2v) is 14.7. The lowest BCUT2D eigenvalue weighted by atomic mass is 10.0. The summed E-state index contributed by atoms with van der Waals surface area (Å²) in [5.74, 6) is 0.165. The van der Waals surface area contributed by atoms with Crippen LogP contribution in [0.3, 0.4) is 0 Å². The molecule has 0 bridgehead atoms. The van der Waals surface area contributed by atoms with Gasteiger partial charge in [-0.3, -0.25) is 14.4 Å². The average molecular weight is 695 g/mol. The Balaban J connectivity index is 4.21. The van der Waals surface area contributed by atoms with Gasteiger partial charge in [-0.2, -0.15) is 0 Å². The topological polar surface area (TPSA) is 76.1 Å². The summed E-state index contributed by atoms with van der Waals surface area (Å²) < 4.78 is 11.3. The van der Waals surface area contributed by atoms with Crippen LogP contribution in [0.5, 0.6) is 0 Å². The predicted octanol–water partition coefficient (Wildman–Crippen LogP) is 11.2. The third-order valence-electron chi connectivity index (χ3n) is 9.64. The SMILES string of the molecule is CCCCCCCCOC(=O)CCCCCCCN(CCCCCCCC(=O)OC(CCCCC)CCCCCC)CCCC(=O)N(C)C. The molecule has 7 nitrogen and oxygen atoms in total. The Morgan fingerprint density at radius 3 is 1.47 bits per heavy atom. The van der Waals surface area contributed by atoms with Crippen molar-refractivity contribution in [2.75, 3.05) is 40.3 Å². The van der Waals surface area contributed by atoms with Crippen LogP contribution < -0.4 is 0 Å². The molecular formula is C42H82N2O5. The zero-order valence-corrected chi connectivity index (χ0v) is 33.3. The zero-order chi connectivity index (χ0) is 36.2. The van der Waals surface area contributed by atoms with Crippen LogP contribution in [0.1, 0.15) is 207 Å². The van der Waals surface area contributed by atoms with Crippen LogP contribution in [0.4, 0.5) is 0 Å². The molecule has 0 radical (unpaired) electrons. The van der Waals surface area contributed by atoms with Gasteiger partial charge in [0.2, 0.25) is 5.91 Å². The number of ether oxygens (including phenoxy) is 2. The van der Waals surface area contributed by atoms with E-state index in [1.807, 2.05) is 14.1 Å². The fourth-order valence-electron chi connectivity index (χ4n) is 6.35. The van der Waals surface area contributed by atoms with E-state index in [0.717, 1.165) is 110 Å². The first-order chi connectivity index (χ1) is 23.8. The fourth-order valence-corrected chi connectivity index (χ4v) is 6.35. The molecule has 0 aliphatic rings. The van der Waals surface area contributed by atoms with Gasteiger partial charge in [-0.1, -0.05) is 124 Å². The second kappa shape index (κ2) is 36.2. The lowest BCUT2D eigenvalue weighted by molar-refractivity contribution is -0.150. The number of amides is 1. The van der Waals surface area contributed by atoms with E-state index < -0.39 is 0 Å². The summed E-state index contributed by atoms with van der Waals surface area (Å²) in [6.07, 6.45) is 31.4. The molecule has 0 aromatic carbocycles. The van der Waals surface area contributed by atoms with Gasteiger partial charge in [0, 0.05) is 33.4 Å². The first kappa shape index (κ1) is 47.4. The Morgan fingerprint density at radius 1 is 0.469 bits per heavy atom. The summed E-state index contributed by atoms with van der Waals surface area (Å²) in [6, 6.07) is 0. The first-order valence-electron chi connectivity index (χ1n) is 21.1. The minimum atomic E-state index is -0.0356. The van der Waals surface area contributed by atoms with E-state index >= 15 is 0 Å². The number of carbonyl (C=O) groups is 3. The molecule has 0 aromatic rings. The summed E-state index contributed by atoms with van der Waals surface area (Å²) in [4.78, 5) is 40.9. The van der Waals surface area contributed by atoms with Gasteiger partial charge < -0.3 is 19.3 Å². The molecule has 0 aliphatic heterocycles. The van der Waals surface area contributed by atoms with Gasteiger partial charge in [-0.05, 0) is 83.8 Å². The molecule has 49 heavy (non-hydrogen) atoms. The van der Waals surface area contributed by atoms with Gasteiger partial charge in [0.1, 0.15) is 6.10 Å². The Morgan fingerprint density at radius 2 is 0.898 bits per heavy atom. The summed E-state index contributed by atoms with van der Waals surface area (Å²) in [5, 5.41) is 0. The average Bonchev–Trinajstić information content (AvgIpc) is 3.08. The lowest BCUT2D eigenvalue weighted by Crippen LogP contribution is -2.29. The molecule has 0 saturated heterocycles. The molecule has 0 fully saturated rings. The van der Waals surface area contributed by atoms with Crippen molar-refractivity contribution in [2.45, 2.75) is 213 Å². The predicted molar refractivity (Wildman–Crippen MR) is 207 cm³/mol. The maximum atomic E-state index is 12.6. The van der Waals surface area contributed by atoms with Gasteiger partial charge in [0.15, 0.2) is 0 Å². The maximum Gasteiger partial charge on any atom is 0.306 e. The summed E-state index contributed by atoms with van der Waals surface area (Å²) in [6.45, 7) is 10.4. The smallest absolute Gasteiger partial charge is 0.306 e. The Kier molecular flexibility index (Phi) is 35.0. The molecular weight excluding hydrogens is 612 g/mol. The van der Waals surface area contributed by atoms with E-state index in [1.54, 1.807) is 4.90 Å². The number of hydrogen-bond donors (Lipinski definition) is 0. The third kappa shape index (κ3) is 33.3. The number of hydrogen-bond acceptors (Lipinski definition) is 6. The largest absolute Gasteiger partial charge is 0.466 e. The van der Waals surface area contributed by atoms with Crippen molar-refractivity contribution in [3.05, 3.63) is 0 Å². The molecule has 0 saturated carbocycles. The van der Waals surface area contributed by atoms with Crippen LogP contribution in [0, 0.1) is 0 Å². The van der Waals surface area contributed by atoms with Crippen LogP contribution in [0.25, 0.3) is 0 Å². The van der Waals surface area contributed by atoms with Crippen molar-refractivity contribution in [2.24, 2.45) is 0 Å². The van der Waals surface area contributed by atoms with E-state index in [2.05, 4.69) is 25.7 Å². The highest BCUT2D eigenvalue weighted by atomic mass is 16.5. The van der Waals surface area contributed by atoms with E-state index in [-0.39, 0.29) is 23.9 Å². The number of esters is 2. The Bertz CT molecular complexity index is 759. The highest BCUT2D eigenvalue weighted by Gasteiger charge is 2.14. The second-order valence-electron chi connectivity index (χ2n) is 14.7. The van der Waals surface area contributed by atoms with Crippen molar-refractivity contribution in [1.29, 1.82) is 0 Å². The van der Waals surface area contributed by atoms with Gasteiger partial charge in [-0.15, -0.1) is 0 Å². The highest BCUT2D eigenvalue weighted by molar-refractivity contribution is 5.75. The maximum absolute atomic E-state index is 12.6. The summed E-state index contributed by atoms with van der Waals surface area (Å²) >= 11 is 0. The molecule has 0 aliphatic carbocycles. The third-order valence-corrected chi connectivity index (χ3v) is 9.64. The van der Waals surface area contributed by atoms with Crippen molar-refractivity contribution in [3.8, 4) is 0 Å². The number of nitrogens with zero attached hydrogens (tertiary/aromatic N) is 2. The number of unbranched alkanes of at least 4 members (excludes halogenated alkanes) is 18. The number of rotatable bonds is 37. The molecule has 1 amide bonds. The normalized spacial score (nSPS) is 12.0. The molecule has 0 N–H and O–H groups in total. The quantitative estimate of drug-likeness (QED) is 0.0476. The fraction of sp³-hybridized carbons (Fsp3) is 0.929. The Labute approximate surface area is 304 Å². The minimum Gasteiger partial charge on any atom is -0.466 e. The van der Waals surface area contributed by atoms with Crippen molar-refractivity contribution in [1.82, 2.24) is 9.80 Å². The van der Waals surface area contributed by atoms with Crippen LogP contribution in [-0.4, -0.2) is 74.1 Å². The summed E-state index contributed by atoms with van der Waals surface area (Å²) in [5.41, 5.74) is 0. The monoisotopic (exact) mass is 695 g/mol. The molecule has 1 unspecified atom stereocenters. The first-order valence-corrected chi connectivity index (χ1v) is 21.1. The van der Waals surface area contributed by atoms with E-state index in [9.17, 15) is 14.4 Å². The lowest BCUT2D eigenvalue weighted by Gasteiger charge is -2.22. The molecule has 7 heteroatoms. The molecule has 0 aromatic heterocycles. The van der Waals surface area contributed by atoms with E-state index in [1.165, 1.54) is 77.0 Å². The Hall–Kier alpha value is -1.63. The van der Waals surface area contributed by atoms with Crippen molar-refractivity contribution in [3.63, 3.8) is 0 Å². The molecule has 0 rings (SSSR count). The number of carbonyl (C=O) groups excluding carboxylic acids is 3. The van der Waals surface area contributed by atoms with Crippen LogP contribution in [-0.2, 0) is 23.9 Å². The van der Waals surface area contributed by atoms with Crippen LogP contribution in [0.15, 0.2) is 0 Å². The zero-order valence-electron chi connectivity index (χ0n) is 33.3. The highest BCUT2D eigenvalue weighted by Crippen LogP contribution is 2.17. The van der Waals surface area contributed by atoms with Crippen molar-refractivity contribution >= 4 is 17.8 Å². The van der Waals surface area contributed by atoms with Crippen LogP contribution in [0.2, 0.25) is 0 Å². The van der Waals surface area contributed by atoms with Gasteiger partial charge in [0.25, 0.3) is 0 Å². The van der Waals surface area contributed by atoms with Gasteiger partial charge >= 0.3 is 11.9 Å². The van der Waals surface area contributed by atoms with E-state index in [4.69, 9.17) is 9.47 Å². The molecule has 1 atom stereocenters. The minimum absolute atomic E-state index is 0.00105. The van der Waals surface area contributed by atoms with Crippen molar-refractivity contribution < 1.29 is 23.9 Å². The van der Waals surface area contributed by atoms with E-state index in [0.29, 0.717) is 25.9 Å². The standard InChI is InChI=1S/C42H82N2O5/c1-6-9-12-14-21-28-38-48-41(46)33-24-17-15-19-26-35-44(37-29-32-40(45)43(4)5)36-27-20-16-18-25-34-42(47)49-39(30-22-11-8-3)31-23-13-10-7-2/h39H,6-38H2,1-5H3. The molecule has 0 heterocycles.